The lowest BCUT2D eigenvalue weighted by molar-refractivity contribution is -0.116. The van der Waals surface area contributed by atoms with E-state index in [0.29, 0.717) is 14.4 Å². The number of benzene rings is 1. The monoisotopic (exact) mass is 406 g/mol. The van der Waals surface area contributed by atoms with Gasteiger partial charge in [0.05, 0.1) is 16.0 Å². The van der Waals surface area contributed by atoms with Crippen LogP contribution in [0.25, 0.3) is 0 Å². The molecule has 0 aliphatic rings. The average Bonchev–Trinajstić information content (AvgIpc) is 2.96. The molecule has 24 heavy (non-hydrogen) atoms. The first-order valence-electron chi connectivity index (χ1n) is 6.52. The van der Waals surface area contributed by atoms with Crippen LogP contribution in [0.5, 0.6) is 0 Å². The number of rotatable bonds is 7. The predicted octanol–water partition coefficient (Wildman–Crippen LogP) is 3.03. The number of nitrogens with zero attached hydrogens (tertiary/aromatic N) is 2. The Labute approximate surface area is 154 Å². The fraction of sp³-hybridized carbons (Fsp3) is 0.231. The van der Waals surface area contributed by atoms with Crippen molar-refractivity contribution in [2.75, 3.05) is 11.1 Å². The van der Waals surface area contributed by atoms with E-state index in [1.165, 1.54) is 53.1 Å². The number of thioether (sulfide) groups is 2. The second-order valence-corrected chi connectivity index (χ2v) is 8.66. The molecular weight excluding hydrogens is 395 g/mol. The zero-order valence-electron chi connectivity index (χ0n) is 12.3. The molecule has 2 rings (SSSR count). The van der Waals surface area contributed by atoms with Crippen molar-refractivity contribution in [3.05, 3.63) is 29.0 Å². The fourth-order valence-corrected chi connectivity index (χ4v) is 4.54. The van der Waals surface area contributed by atoms with Gasteiger partial charge in [-0.1, -0.05) is 46.5 Å². The number of primary amides is 1. The summed E-state index contributed by atoms with van der Waals surface area (Å²) in [6.07, 6.45) is 0. The Bertz CT molecular complexity index is 759. The van der Waals surface area contributed by atoms with Crippen molar-refractivity contribution in [1.82, 2.24) is 10.2 Å². The molecule has 1 aromatic carbocycles. The van der Waals surface area contributed by atoms with Gasteiger partial charge in [0.2, 0.25) is 11.8 Å². The highest BCUT2D eigenvalue weighted by Gasteiger charge is 2.18. The molecule has 1 atom stereocenters. The summed E-state index contributed by atoms with van der Waals surface area (Å²) in [5.74, 6) is -1.13. The molecule has 0 aliphatic carbocycles. The molecule has 0 radical (unpaired) electrons. The summed E-state index contributed by atoms with van der Waals surface area (Å²) in [6.45, 7) is 1.71. The highest BCUT2D eigenvalue weighted by molar-refractivity contribution is 8.04. The van der Waals surface area contributed by atoms with Crippen LogP contribution in [0.3, 0.4) is 0 Å². The van der Waals surface area contributed by atoms with E-state index in [1.54, 1.807) is 6.92 Å². The van der Waals surface area contributed by atoms with E-state index in [4.69, 9.17) is 17.3 Å². The van der Waals surface area contributed by atoms with Crippen LogP contribution in [0.1, 0.15) is 6.92 Å². The van der Waals surface area contributed by atoms with E-state index in [-0.39, 0.29) is 16.7 Å². The molecule has 11 heteroatoms. The number of aromatic nitrogens is 2. The number of nitrogens with two attached hydrogens (primary N) is 1. The van der Waals surface area contributed by atoms with Crippen LogP contribution in [0, 0.1) is 5.82 Å². The minimum Gasteiger partial charge on any atom is -0.369 e. The van der Waals surface area contributed by atoms with Crippen LogP contribution in [-0.2, 0) is 9.59 Å². The first-order valence-corrected chi connectivity index (χ1v) is 9.58. The number of halogens is 2. The Kier molecular flexibility index (Phi) is 6.84. The molecule has 1 heterocycles. The fourth-order valence-electron chi connectivity index (χ4n) is 1.46. The van der Waals surface area contributed by atoms with Crippen molar-refractivity contribution in [3.63, 3.8) is 0 Å². The quantitative estimate of drug-likeness (QED) is 0.686. The maximum atomic E-state index is 13.1. The maximum Gasteiger partial charge on any atom is 0.237 e. The lowest BCUT2D eigenvalue weighted by Gasteiger charge is -2.10. The third-order valence-corrected chi connectivity index (χ3v) is 6.11. The van der Waals surface area contributed by atoms with Gasteiger partial charge in [0.1, 0.15) is 5.82 Å². The number of hydrogen-bond donors (Lipinski definition) is 2. The van der Waals surface area contributed by atoms with E-state index in [2.05, 4.69) is 15.5 Å². The van der Waals surface area contributed by atoms with Gasteiger partial charge in [0.25, 0.3) is 0 Å². The molecule has 128 valence electrons. The molecule has 0 spiro atoms. The Morgan fingerprint density at radius 1 is 1.42 bits per heavy atom. The minimum atomic E-state index is -0.549. The van der Waals surface area contributed by atoms with Crippen molar-refractivity contribution >= 4 is 64.0 Å². The Morgan fingerprint density at radius 2 is 2.12 bits per heavy atom. The van der Waals surface area contributed by atoms with Crippen LogP contribution < -0.4 is 11.1 Å². The molecule has 3 N–H and O–H groups in total. The van der Waals surface area contributed by atoms with Gasteiger partial charge in [-0.25, -0.2) is 4.39 Å². The molecule has 6 nitrogen and oxygen atoms in total. The van der Waals surface area contributed by atoms with E-state index < -0.39 is 17.0 Å². The van der Waals surface area contributed by atoms with Gasteiger partial charge >= 0.3 is 0 Å². The molecule has 1 aromatic heterocycles. The maximum absolute atomic E-state index is 13.1. The van der Waals surface area contributed by atoms with E-state index >= 15 is 0 Å². The van der Waals surface area contributed by atoms with Crippen LogP contribution in [0.15, 0.2) is 26.9 Å². The number of nitrogens with one attached hydrogen (secondary N) is 1. The number of amides is 2. The van der Waals surface area contributed by atoms with Gasteiger partial charge in [-0.3, -0.25) is 9.59 Å². The molecule has 2 aromatic rings. The van der Waals surface area contributed by atoms with Crippen LogP contribution in [0.4, 0.5) is 10.1 Å². The van der Waals surface area contributed by atoms with Gasteiger partial charge < -0.3 is 11.1 Å². The molecule has 2 amide bonds. The van der Waals surface area contributed by atoms with Gasteiger partial charge in [0.15, 0.2) is 8.68 Å². The summed E-state index contributed by atoms with van der Waals surface area (Å²) < 4.78 is 14.3. The standard InChI is InChI=1S/C13H12ClFN4O2S3/c1-6(11(21)17-7-2-3-9(15)8(14)4-7)23-13-19-18-12(24-13)22-5-10(16)20/h2-4,6H,5H2,1H3,(H2,16,20)(H,17,21)/t6-/m1/s1. The zero-order valence-corrected chi connectivity index (χ0v) is 15.5. The second kappa shape index (κ2) is 8.65. The van der Waals surface area contributed by atoms with Gasteiger partial charge in [-0.05, 0) is 25.1 Å². The largest absolute Gasteiger partial charge is 0.369 e. The second-order valence-electron chi connectivity index (χ2n) is 4.47. The molecule has 0 saturated heterocycles. The SMILES string of the molecule is C[C@@H](Sc1nnc(SCC(N)=O)s1)C(=O)Nc1ccc(F)c(Cl)c1. The van der Waals surface area contributed by atoms with Gasteiger partial charge in [-0.15, -0.1) is 10.2 Å². The number of anilines is 1. The lowest BCUT2D eigenvalue weighted by atomic mass is 10.3. The highest BCUT2D eigenvalue weighted by atomic mass is 35.5. The molecule has 0 fully saturated rings. The molecule has 0 unspecified atom stereocenters. The van der Waals surface area contributed by atoms with Crippen molar-refractivity contribution in [3.8, 4) is 0 Å². The number of hydrogen-bond acceptors (Lipinski definition) is 7. The first kappa shape index (κ1) is 19.0. The van der Waals surface area contributed by atoms with Gasteiger partial charge in [-0.2, -0.15) is 0 Å². The number of carbonyl (C=O) groups excluding carboxylic acids is 2. The Hall–Kier alpha value is -1.36. The minimum absolute atomic E-state index is 0.0617. The Morgan fingerprint density at radius 3 is 2.79 bits per heavy atom. The van der Waals surface area contributed by atoms with Crippen LogP contribution >= 0.6 is 46.5 Å². The van der Waals surface area contributed by atoms with Crippen molar-refractivity contribution in [2.24, 2.45) is 5.73 Å². The van der Waals surface area contributed by atoms with Crippen LogP contribution in [-0.4, -0.2) is 33.0 Å². The summed E-state index contributed by atoms with van der Waals surface area (Å²) in [7, 11) is 0. The lowest BCUT2D eigenvalue weighted by Crippen LogP contribution is -2.22. The van der Waals surface area contributed by atoms with E-state index in [1.807, 2.05) is 0 Å². The van der Waals surface area contributed by atoms with Crippen molar-refractivity contribution in [2.45, 2.75) is 20.9 Å². The summed E-state index contributed by atoms with van der Waals surface area (Å²) in [6, 6.07) is 3.96. The third-order valence-electron chi connectivity index (χ3n) is 2.56. The van der Waals surface area contributed by atoms with E-state index in [9.17, 15) is 14.0 Å². The summed E-state index contributed by atoms with van der Waals surface area (Å²) in [5.41, 5.74) is 5.48. The normalized spacial score (nSPS) is 12.0. The highest BCUT2D eigenvalue weighted by Crippen LogP contribution is 2.31. The predicted molar refractivity (Wildman–Crippen MR) is 95.2 cm³/mol. The van der Waals surface area contributed by atoms with Crippen molar-refractivity contribution < 1.29 is 14.0 Å². The smallest absolute Gasteiger partial charge is 0.237 e. The summed E-state index contributed by atoms with van der Waals surface area (Å²) in [5, 5.41) is 10.0. The summed E-state index contributed by atoms with van der Waals surface area (Å²) in [4.78, 5) is 22.9. The summed E-state index contributed by atoms with van der Waals surface area (Å²) >= 11 is 9.38. The first-order chi connectivity index (χ1) is 11.3. The Balaban J connectivity index is 1.91. The van der Waals surface area contributed by atoms with E-state index in [0.717, 1.165) is 0 Å². The number of carbonyl (C=O) groups is 2. The zero-order chi connectivity index (χ0) is 17.7. The molecule has 0 saturated carbocycles. The molecule has 0 bridgehead atoms. The third kappa shape index (κ3) is 5.62. The van der Waals surface area contributed by atoms with Crippen LogP contribution in [0.2, 0.25) is 5.02 Å². The molecule has 0 aliphatic heterocycles. The topological polar surface area (TPSA) is 98.0 Å². The van der Waals surface area contributed by atoms with Gasteiger partial charge in [0, 0.05) is 5.69 Å². The van der Waals surface area contributed by atoms with Crippen molar-refractivity contribution in [1.29, 1.82) is 0 Å². The molecular formula is C13H12ClFN4O2S3. The average molecular weight is 407 g/mol.